The van der Waals surface area contributed by atoms with E-state index in [1.807, 2.05) is 0 Å². The van der Waals surface area contributed by atoms with Gasteiger partial charge < -0.3 is 0 Å². The fraction of sp³-hybridized carbons (Fsp3) is 0.917. The Bertz CT molecular complexity index is 214. The highest BCUT2D eigenvalue weighted by Gasteiger charge is 2.30. The second kappa shape index (κ2) is 6.86. The predicted molar refractivity (Wildman–Crippen MR) is 65.7 cm³/mol. The first-order chi connectivity index (χ1) is 7.74. The molecule has 1 unspecified atom stereocenters. The minimum absolute atomic E-state index is 0.0319. The van der Waals surface area contributed by atoms with Crippen molar-refractivity contribution in [1.82, 2.24) is 10.3 Å². The molecular weight excluding hydrogens is 202 g/mol. The molecule has 4 nitrogen and oxygen atoms in total. The van der Waals surface area contributed by atoms with Gasteiger partial charge in [-0.15, -0.1) is 0 Å². The number of rotatable bonds is 6. The molecule has 0 bridgehead atoms. The Labute approximate surface area is 98.5 Å². The first kappa shape index (κ1) is 13.5. The fourth-order valence-electron chi connectivity index (χ4n) is 2.79. The third-order valence-electron chi connectivity index (χ3n) is 3.57. The normalized spacial score (nSPS) is 19.0. The van der Waals surface area contributed by atoms with Crippen LogP contribution in [0.15, 0.2) is 0 Å². The van der Waals surface area contributed by atoms with Gasteiger partial charge in [0.15, 0.2) is 0 Å². The largest absolute Gasteiger partial charge is 0.293 e. The summed E-state index contributed by atoms with van der Waals surface area (Å²) in [6, 6.07) is 0.543. The molecule has 0 aromatic carbocycles. The zero-order valence-corrected chi connectivity index (χ0v) is 10.5. The van der Waals surface area contributed by atoms with E-state index in [0.717, 1.165) is 19.4 Å². The molecular formula is C12H25N3O. The average molecular weight is 227 g/mol. The molecule has 0 radical (unpaired) electrons. The number of hydrogen-bond acceptors (Lipinski definition) is 3. The molecule has 0 heterocycles. The maximum absolute atomic E-state index is 11.8. The van der Waals surface area contributed by atoms with Crippen LogP contribution in [0, 0.1) is 0 Å². The summed E-state index contributed by atoms with van der Waals surface area (Å²) in [6.07, 6.45) is 6.96. The van der Waals surface area contributed by atoms with E-state index >= 15 is 0 Å². The van der Waals surface area contributed by atoms with Crippen LogP contribution in [0.1, 0.15) is 52.4 Å². The van der Waals surface area contributed by atoms with Crippen LogP contribution in [-0.2, 0) is 4.79 Å². The van der Waals surface area contributed by atoms with Crippen LogP contribution in [0.2, 0.25) is 0 Å². The maximum Gasteiger partial charge on any atom is 0.251 e. The van der Waals surface area contributed by atoms with Gasteiger partial charge in [0.2, 0.25) is 0 Å². The third kappa shape index (κ3) is 3.19. The molecule has 1 atom stereocenters. The fourth-order valence-corrected chi connectivity index (χ4v) is 2.79. The van der Waals surface area contributed by atoms with Crippen molar-refractivity contribution in [2.75, 3.05) is 6.54 Å². The SMILES string of the molecule is CCCC(C(=O)NN)N(CC)C1CCCC1. The van der Waals surface area contributed by atoms with E-state index in [1.165, 1.54) is 25.7 Å². The van der Waals surface area contributed by atoms with Crippen molar-refractivity contribution in [3.63, 3.8) is 0 Å². The van der Waals surface area contributed by atoms with Crippen LogP contribution in [0.4, 0.5) is 0 Å². The van der Waals surface area contributed by atoms with Crippen LogP contribution < -0.4 is 11.3 Å². The topological polar surface area (TPSA) is 58.4 Å². The van der Waals surface area contributed by atoms with E-state index in [1.54, 1.807) is 0 Å². The van der Waals surface area contributed by atoms with E-state index in [2.05, 4.69) is 24.2 Å². The first-order valence-corrected chi connectivity index (χ1v) is 6.50. The maximum atomic E-state index is 11.8. The molecule has 0 aromatic rings. The smallest absolute Gasteiger partial charge is 0.251 e. The van der Waals surface area contributed by atoms with E-state index in [9.17, 15) is 4.79 Å². The van der Waals surface area contributed by atoms with Crippen LogP contribution in [-0.4, -0.2) is 29.4 Å². The summed E-state index contributed by atoms with van der Waals surface area (Å²) in [5, 5.41) is 0. The van der Waals surface area contributed by atoms with Gasteiger partial charge in [0.05, 0.1) is 6.04 Å². The average Bonchev–Trinajstić information content (AvgIpc) is 2.81. The van der Waals surface area contributed by atoms with Gasteiger partial charge in [-0.2, -0.15) is 0 Å². The van der Waals surface area contributed by atoms with Crippen molar-refractivity contribution >= 4 is 5.91 Å². The highest BCUT2D eigenvalue weighted by atomic mass is 16.2. The van der Waals surface area contributed by atoms with E-state index < -0.39 is 0 Å². The molecule has 94 valence electrons. The molecule has 1 rings (SSSR count). The lowest BCUT2D eigenvalue weighted by Gasteiger charge is -2.34. The number of nitrogens with zero attached hydrogens (tertiary/aromatic N) is 1. The van der Waals surface area contributed by atoms with Gasteiger partial charge in [0, 0.05) is 6.04 Å². The van der Waals surface area contributed by atoms with Crippen molar-refractivity contribution in [2.45, 2.75) is 64.5 Å². The molecule has 0 saturated heterocycles. The van der Waals surface area contributed by atoms with Crippen molar-refractivity contribution in [3.8, 4) is 0 Å². The molecule has 1 amide bonds. The van der Waals surface area contributed by atoms with Crippen LogP contribution >= 0.6 is 0 Å². The third-order valence-corrected chi connectivity index (χ3v) is 3.57. The number of hydrogen-bond donors (Lipinski definition) is 2. The Morgan fingerprint density at radius 1 is 1.44 bits per heavy atom. The van der Waals surface area contributed by atoms with Crippen molar-refractivity contribution < 1.29 is 4.79 Å². The summed E-state index contributed by atoms with van der Waals surface area (Å²) in [6.45, 7) is 5.17. The number of carbonyl (C=O) groups excluding carboxylic acids is 1. The Morgan fingerprint density at radius 2 is 2.06 bits per heavy atom. The zero-order chi connectivity index (χ0) is 12.0. The minimum atomic E-state index is -0.0388. The molecule has 1 aliphatic rings. The second-order valence-corrected chi connectivity index (χ2v) is 4.58. The van der Waals surface area contributed by atoms with Gasteiger partial charge in [-0.25, -0.2) is 5.84 Å². The highest BCUT2D eigenvalue weighted by Crippen LogP contribution is 2.26. The van der Waals surface area contributed by atoms with Crippen molar-refractivity contribution in [2.24, 2.45) is 5.84 Å². The molecule has 4 heteroatoms. The monoisotopic (exact) mass is 227 g/mol. The number of carbonyl (C=O) groups is 1. The van der Waals surface area contributed by atoms with E-state index in [0.29, 0.717) is 6.04 Å². The molecule has 0 spiro atoms. The minimum Gasteiger partial charge on any atom is -0.293 e. The summed E-state index contributed by atoms with van der Waals surface area (Å²) in [7, 11) is 0. The lowest BCUT2D eigenvalue weighted by atomic mass is 10.1. The van der Waals surface area contributed by atoms with Gasteiger partial charge in [-0.3, -0.25) is 15.1 Å². The Balaban J connectivity index is 2.67. The van der Waals surface area contributed by atoms with Gasteiger partial charge in [-0.1, -0.05) is 33.1 Å². The van der Waals surface area contributed by atoms with Gasteiger partial charge in [0.1, 0.15) is 0 Å². The quantitative estimate of drug-likeness (QED) is 0.410. The van der Waals surface area contributed by atoms with Crippen LogP contribution in [0.3, 0.4) is 0 Å². The Hall–Kier alpha value is -0.610. The summed E-state index contributed by atoms with van der Waals surface area (Å²) in [5.41, 5.74) is 2.31. The predicted octanol–water partition coefficient (Wildman–Crippen LogP) is 1.41. The Kier molecular flexibility index (Phi) is 5.77. The number of nitrogens with one attached hydrogen (secondary N) is 1. The zero-order valence-electron chi connectivity index (χ0n) is 10.5. The standard InChI is InChI=1S/C12H25N3O/c1-3-7-11(12(16)14-13)15(4-2)10-8-5-6-9-10/h10-11H,3-9,13H2,1-2H3,(H,14,16). The number of hydrazine groups is 1. The summed E-state index contributed by atoms with van der Waals surface area (Å²) < 4.78 is 0. The second-order valence-electron chi connectivity index (χ2n) is 4.58. The lowest BCUT2D eigenvalue weighted by Crippen LogP contribution is -2.52. The van der Waals surface area contributed by atoms with Crippen molar-refractivity contribution in [3.05, 3.63) is 0 Å². The molecule has 1 fully saturated rings. The lowest BCUT2D eigenvalue weighted by molar-refractivity contribution is -0.127. The highest BCUT2D eigenvalue weighted by molar-refractivity contribution is 5.81. The van der Waals surface area contributed by atoms with Gasteiger partial charge in [-0.05, 0) is 25.8 Å². The molecule has 1 aliphatic carbocycles. The molecule has 16 heavy (non-hydrogen) atoms. The van der Waals surface area contributed by atoms with Crippen LogP contribution in [0.5, 0.6) is 0 Å². The Morgan fingerprint density at radius 3 is 2.50 bits per heavy atom. The summed E-state index contributed by atoms with van der Waals surface area (Å²) in [5.74, 6) is 5.24. The van der Waals surface area contributed by atoms with Crippen LogP contribution in [0.25, 0.3) is 0 Å². The summed E-state index contributed by atoms with van der Waals surface area (Å²) in [4.78, 5) is 14.1. The number of amides is 1. The van der Waals surface area contributed by atoms with Gasteiger partial charge >= 0.3 is 0 Å². The molecule has 3 N–H and O–H groups in total. The summed E-state index contributed by atoms with van der Waals surface area (Å²) >= 11 is 0. The molecule has 0 aliphatic heterocycles. The molecule has 0 aromatic heterocycles. The van der Waals surface area contributed by atoms with Gasteiger partial charge in [0.25, 0.3) is 5.91 Å². The van der Waals surface area contributed by atoms with E-state index in [4.69, 9.17) is 5.84 Å². The van der Waals surface area contributed by atoms with Crippen molar-refractivity contribution in [1.29, 1.82) is 0 Å². The number of nitrogens with two attached hydrogens (primary N) is 1. The molecule has 1 saturated carbocycles. The van der Waals surface area contributed by atoms with E-state index in [-0.39, 0.29) is 11.9 Å². The first-order valence-electron chi connectivity index (χ1n) is 6.50. The number of likely N-dealkylation sites (N-methyl/N-ethyl adjacent to an activating group) is 1.